The van der Waals surface area contributed by atoms with E-state index in [2.05, 4.69) is 10.3 Å². The normalized spacial score (nSPS) is 14.8. The van der Waals surface area contributed by atoms with Crippen molar-refractivity contribution < 1.29 is 23.1 Å². The number of carbonyl (C=O) groups excluding carboxylic acids is 1. The van der Waals surface area contributed by atoms with E-state index in [0.717, 1.165) is 18.3 Å². The lowest BCUT2D eigenvalue weighted by molar-refractivity contribution is -0.141. The molecular formula is C12H15F3N2O2. The second kappa shape index (κ2) is 6.01. The SMILES string of the molecule is CC(O)CC(C)NC(=O)c1ccc(C(F)(F)F)nc1. The third-order valence-electron chi connectivity index (χ3n) is 2.39. The topological polar surface area (TPSA) is 62.2 Å². The van der Waals surface area contributed by atoms with Crippen LogP contribution in [-0.2, 0) is 6.18 Å². The molecule has 1 heterocycles. The van der Waals surface area contributed by atoms with Gasteiger partial charge in [-0.2, -0.15) is 13.2 Å². The molecule has 2 N–H and O–H groups in total. The lowest BCUT2D eigenvalue weighted by atomic mass is 10.1. The summed E-state index contributed by atoms with van der Waals surface area (Å²) in [7, 11) is 0. The first-order valence-corrected chi connectivity index (χ1v) is 5.72. The first kappa shape index (κ1) is 15.4. The predicted molar refractivity (Wildman–Crippen MR) is 62.5 cm³/mol. The van der Waals surface area contributed by atoms with E-state index in [9.17, 15) is 18.0 Å². The number of alkyl halides is 3. The predicted octanol–water partition coefficient (Wildman–Crippen LogP) is 1.99. The maximum atomic E-state index is 12.3. The maximum absolute atomic E-state index is 12.3. The number of hydrogen-bond acceptors (Lipinski definition) is 3. The molecule has 2 atom stereocenters. The number of pyridine rings is 1. The zero-order valence-corrected chi connectivity index (χ0v) is 10.5. The number of amides is 1. The Bertz CT molecular complexity index is 430. The van der Waals surface area contributed by atoms with Crippen LogP contribution >= 0.6 is 0 Å². The van der Waals surface area contributed by atoms with Gasteiger partial charge in [-0.15, -0.1) is 0 Å². The number of carbonyl (C=O) groups is 1. The van der Waals surface area contributed by atoms with Crippen LogP contribution in [0.3, 0.4) is 0 Å². The molecule has 1 amide bonds. The van der Waals surface area contributed by atoms with E-state index >= 15 is 0 Å². The van der Waals surface area contributed by atoms with Crippen molar-refractivity contribution in [2.75, 3.05) is 0 Å². The number of nitrogens with zero attached hydrogens (tertiary/aromatic N) is 1. The zero-order valence-electron chi connectivity index (χ0n) is 10.5. The van der Waals surface area contributed by atoms with Crippen LogP contribution in [0.5, 0.6) is 0 Å². The van der Waals surface area contributed by atoms with Gasteiger partial charge < -0.3 is 10.4 Å². The van der Waals surface area contributed by atoms with Gasteiger partial charge in [0.25, 0.3) is 5.91 Å². The van der Waals surface area contributed by atoms with E-state index in [4.69, 9.17) is 5.11 Å². The van der Waals surface area contributed by atoms with E-state index in [0.29, 0.717) is 6.42 Å². The lowest BCUT2D eigenvalue weighted by Gasteiger charge is -2.15. The largest absolute Gasteiger partial charge is 0.433 e. The first-order chi connectivity index (χ1) is 8.70. The molecule has 0 aliphatic carbocycles. The molecule has 0 aliphatic rings. The average molecular weight is 276 g/mol. The molecule has 2 unspecified atom stereocenters. The number of aromatic nitrogens is 1. The van der Waals surface area contributed by atoms with Crippen LogP contribution in [0.4, 0.5) is 13.2 Å². The fourth-order valence-electron chi connectivity index (χ4n) is 1.57. The third kappa shape index (κ3) is 4.86. The molecule has 0 saturated heterocycles. The Hall–Kier alpha value is -1.63. The van der Waals surface area contributed by atoms with Crippen molar-refractivity contribution in [2.45, 2.75) is 38.6 Å². The fourth-order valence-corrected chi connectivity index (χ4v) is 1.57. The maximum Gasteiger partial charge on any atom is 0.433 e. The minimum absolute atomic E-state index is 0.0467. The summed E-state index contributed by atoms with van der Waals surface area (Å²) in [6, 6.07) is 1.55. The van der Waals surface area contributed by atoms with Crippen molar-refractivity contribution in [3.63, 3.8) is 0 Å². The second-order valence-corrected chi connectivity index (χ2v) is 4.39. The van der Waals surface area contributed by atoms with E-state index in [1.165, 1.54) is 0 Å². The van der Waals surface area contributed by atoms with Crippen molar-refractivity contribution in [3.05, 3.63) is 29.6 Å². The van der Waals surface area contributed by atoms with Gasteiger partial charge in [-0.3, -0.25) is 9.78 Å². The number of aliphatic hydroxyl groups excluding tert-OH is 1. The minimum Gasteiger partial charge on any atom is -0.393 e. The van der Waals surface area contributed by atoms with E-state index in [-0.39, 0.29) is 11.6 Å². The molecule has 1 aromatic rings. The van der Waals surface area contributed by atoms with Gasteiger partial charge >= 0.3 is 6.18 Å². The summed E-state index contributed by atoms with van der Waals surface area (Å²) in [6.07, 6.45) is -3.84. The van der Waals surface area contributed by atoms with Gasteiger partial charge in [-0.1, -0.05) is 0 Å². The van der Waals surface area contributed by atoms with Crippen LogP contribution in [0.1, 0.15) is 36.3 Å². The van der Waals surface area contributed by atoms with Crippen LogP contribution < -0.4 is 5.32 Å². The fraction of sp³-hybridized carbons (Fsp3) is 0.500. The van der Waals surface area contributed by atoms with Gasteiger partial charge in [0.1, 0.15) is 5.69 Å². The second-order valence-electron chi connectivity index (χ2n) is 4.39. The summed E-state index contributed by atoms with van der Waals surface area (Å²) in [4.78, 5) is 14.9. The molecule has 1 rings (SSSR count). The number of nitrogens with one attached hydrogen (secondary N) is 1. The summed E-state index contributed by atoms with van der Waals surface area (Å²) >= 11 is 0. The molecular weight excluding hydrogens is 261 g/mol. The Morgan fingerprint density at radius 3 is 2.47 bits per heavy atom. The highest BCUT2D eigenvalue weighted by molar-refractivity contribution is 5.94. The molecule has 0 fully saturated rings. The van der Waals surface area contributed by atoms with Crippen molar-refractivity contribution in [1.29, 1.82) is 0 Å². The van der Waals surface area contributed by atoms with Crippen LogP contribution in [0, 0.1) is 0 Å². The Morgan fingerprint density at radius 2 is 2.05 bits per heavy atom. The van der Waals surface area contributed by atoms with Crippen molar-refractivity contribution in [1.82, 2.24) is 10.3 Å². The Balaban J connectivity index is 2.68. The minimum atomic E-state index is -4.52. The van der Waals surface area contributed by atoms with Crippen LogP contribution in [0.25, 0.3) is 0 Å². The number of hydrogen-bond donors (Lipinski definition) is 2. The van der Waals surface area contributed by atoms with Crippen molar-refractivity contribution in [3.8, 4) is 0 Å². The zero-order chi connectivity index (χ0) is 14.6. The highest BCUT2D eigenvalue weighted by Gasteiger charge is 2.32. The molecule has 4 nitrogen and oxygen atoms in total. The summed E-state index contributed by atoms with van der Waals surface area (Å²) in [5.41, 5.74) is -0.994. The standard InChI is InChI=1S/C12H15F3N2O2/c1-7(5-8(2)18)17-11(19)9-3-4-10(16-6-9)12(13,14)15/h3-4,6-8,18H,5H2,1-2H3,(H,17,19). The van der Waals surface area contributed by atoms with Gasteiger partial charge in [-0.25, -0.2) is 0 Å². The molecule has 0 bridgehead atoms. The summed E-state index contributed by atoms with van der Waals surface area (Å²) in [5.74, 6) is -0.519. The molecule has 0 aromatic carbocycles. The average Bonchev–Trinajstić information content (AvgIpc) is 2.26. The number of halogens is 3. The lowest BCUT2D eigenvalue weighted by Crippen LogP contribution is -2.34. The molecule has 0 radical (unpaired) electrons. The number of rotatable bonds is 4. The Labute approximate surface area is 108 Å². The van der Waals surface area contributed by atoms with Crippen molar-refractivity contribution in [2.24, 2.45) is 0 Å². The van der Waals surface area contributed by atoms with Gasteiger partial charge in [0, 0.05) is 12.2 Å². The first-order valence-electron chi connectivity index (χ1n) is 5.72. The van der Waals surface area contributed by atoms with E-state index < -0.39 is 23.9 Å². The van der Waals surface area contributed by atoms with Gasteiger partial charge in [0.2, 0.25) is 0 Å². The monoisotopic (exact) mass is 276 g/mol. The molecule has 106 valence electrons. The summed E-state index contributed by atoms with van der Waals surface area (Å²) < 4.78 is 36.9. The van der Waals surface area contributed by atoms with Gasteiger partial charge in [-0.05, 0) is 32.4 Å². The van der Waals surface area contributed by atoms with Crippen LogP contribution in [0.15, 0.2) is 18.3 Å². The highest BCUT2D eigenvalue weighted by atomic mass is 19.4. The number of aliphatic hydroxyl groups is 1. The van der Waals surface area contributed by atoms with Crippen LogP contribution in [0.2, 0.25) is 0 Å². The Kier molecular flexibility index (Phi) is 4.88. The molecule has 7 heteroatoms. The van der Waals surface area contributed by atoms with E-state index in [1.807, 2.05) is 0 Å². The Morgan fingerprint density at radius 1 is 1.42 bits per heavy atom. The highest BCUT2D eigenvalue weighted by Crippen LogP contribution is 2.27. The molecule has 19 heavy (non-hydrogen) atoms. The summed E-state index contributed by atoms with van der Waals surface area (Å²) in [6.45, 7) is 3.28. The third-order valence-corrected chi connectivity index (χ3v) is 2.39. The molecule has 0 aliphatic heterocycles. The van der Waals surface area contributed by atoms with Gasteiger partial charge in [0.05, 0.1) is 11.7 Å². The summed E-state index contributed by atoms with van der Waals surface area (Å²) in [5, 5.41) is 11.7. The van der Waals surface area contributed by atoms with E-state index in [1.54, 1.807) is 13.8 Å². The quantitative estimate of drug-likeness (QED) is 0.884. The van der Waals surface area contributed by atoms with Crippen molar-refractivity contribution >= 4 is 5.91 Å². The smallest absolute Gasteiger partial charge is 0.393 e. The van der Waals surface area contributed by atoms with Crippen LogP contribution in [-0.4, -0.2) is 28.1 Å². The molecule has 0 spiro atoms. The molecule has 1 aromatic heterocycles. The van der Waals surface area contributed by atoms with Gasteiger partial charge in [0.15, 0.2) is 0 Å². The molecule has 0 saturated carbocycles.